The standard InChI is InChI=1S/C26H44O2.C2H6/c1-25(2,3)24(28)7-5-6-18-9-13-23-22-11-8-17-16-19(27)10-12-20(17)21(22)14-15-26(18,23)4;1-2/h8,18-24,27-28H,5-7,9-16H2,1-4H3;1-2H3. The molecule has 4 aliphatic carbocycles. The van der Waals surface area contributed by atoms with Gasteiger partial charge in [0.25, 0.3) is 0 Å². The van der Waals surface area contributed by atoms with Crippen molar-refractivity contribution in [3.05, 3.63) is 11.6 Å². The zero-order valence-electron chi connectivity index (χ0n) is 20.8. The van der Waals surface area contributed by atoms with Gasteiger partial charge in [-0.2, -0.15) is 0 Å². The number of hydrogen-bond donors (Lipinski definition) is 2. The normalized spacial score (nSPS) is 41.5. The molecule has 0 heterocycles. The third kappa shape index (κ3) is 4.70. The van der Waals surface area contributed by atoms with E-state index in [0.29, 0.717) is 5.41 Å². The third-order valence-electron chi connectivity index (χ3n) is 9.65. The molecule has 0 amide bonds. The van der Waals surface area contributed by atoms with Crippen LogP contribution in [0, 0.1) is 40.4 Å². The second-order valence-corrected chi connectivity index (χ2v) is 12.1. The van der Waals surface area contributed by atoms with Crippen molar-refractivity contribution in [1.82, 2.24) is 0 Å². The number of aliphatic hydroxyl groups is 2. The van der Waals surface area contributed by atoms with E-state index in [4.69, 9.17) is 0 Å². The van der Waals surface area contributed by atoms with Crippen LogP contribution in [0.1, 0.15) is 112 Å². The predicted molar refractivity (Wildman–Crippen MR) is 127 cm³/mol. The van der Waals surface area contributed by atoms with Crippen LogP contribution in [0.2, 0.25) is 0 Å². The number of rotatable bonds is 4. The molecule has 4 aliphatic rings. The molecule has 2 nitrogen and oxygen atoms in total. The molecule has 2 heteroatoms. The lowest BCUT2D eigenvalue weighted by Gasteiger charge is -2.54. The highest BCUT2D eigenvalue weighted by atomic mass is 16.3. The predicted octanol–water partition coefficient (Wildman–Crippen LogP) is 7.14. The minimum atomic E-state index is -0.170. The summed E-state index contributed by atoms with van der Waals surface area (Å²) in [4.78, 5) is 0. The SMILES string of the molecule is CC.CC(C)(C)C(O)CCCC1CCC2C3CC=C4CC(O)CCC4C3CCC12C. The maximum atomic E-state index is 10.4. The Morgan fingerprint density at radius 1 is 1.07 bits per heavy atom. The molecule has 8 atom stereocenters. The topological polar surface area (TPSA) is 40.5 Å². The fourth-order valence-corrected chi connectivity index (χ4v) is 7.82. The van der Waals surface area contributed by atoms with Gasteiger partial charge in [-0.05, 0) is 105 Å². The van der Waals surface area contributed by atoms with Gasteiger partial charge in [-0.3, -0.25) is 0 Å². The van der Waals surface area contributed by atoms with E-state index < -0.39 is 0 Å². The van der Waals surface area contributed by atoms with E-state index in [0.717, 1.165) is 48.9 Å². The van der Waals surface area contributed by atoms with Crippen molar-refractivity contribution >= 4 is 0 Å². The molecule has 0 radical (unpaired) electrons. The van der Waals surface area contributed by atoms with Crippen molar-refractivity contribution in [2.24, 2.45) is 40.4 Å². The minimum absolute atomic E-state index is 0.0138. The monoisotopic (exact) mass is 418 g/mol. The van der Waals surface area contributed by atoms with Crippen LogP contribution >= 0.6 is 0 Å². The Labute approximate surface area is 186 Å². The Kier molecular flexibility index (Phi) is 7.82. The first kappa shape index (κ1) is 24.3. The highest BCUT2D eigenvalue weighted by Crippen LogP contribution is 2.64. The average molecular weight is 419 g/mol. The summed E-state index contributed by atoms with van der Waals surface area (Å²) in [6, 6.07) is 0. The van der Waals surface area contributed by atoms with Gasteiger partial charge in [-0.1, -0.05) is 59.6 Å². The molecule has 0 aromatic rings. The van der Waals surface area contributed by atoms with E-state index >= 15 is 0 Å². The largest absolute Gasteiger partial charge is 0.393 e. The summed E-state index contributed by atoms with van der Waals surface area (Å²) in [6.07, 6.45) is 15.9. The summed E-state index contributed by atoms with van der Waals surface area (Å²) in [7, 11) is 0. The molecule has 2 N–H and O–H groups in total. The Morgan fingerprint density at radius 3 is 2.50 bits per heavy atom. The van der Waals surface area contributed by atoms with E-state index in [2.05, 4.69) is 33.8 Å². The van der Waals surface area contributed by atoms with E-state index in [1.165, 1.54) is 51.4 Å². The summed E-state index contributed by atoms with van der Waals surface area (Å²) in [6.45, 7) is 13.1. The van der Waals surface area contributed by atoms with Crippen molar-refractivity contribution in [2.75, 3.05) is 0 Å². The van der Waals surface area contributed by atoms with Gasteiger partial charge in [0.2, 0.25) is 0 Å². The Balaban J connectivity index is 0.00000124. The van der Waals surface area contributed by atoms with Crippen LogP contribution in [0.25, 0.3) is 0 Å². The van der Waals surface area contributed by atoms with Crippen molar-refractivity contribution in [3.8, 4) is 0 Å². The number of aliphatic hydroxyl groups excluding tert-OH is 2. The van der Waals surface area contributed by atoms with Crippen molar-refractivity contribution in [1.29, 1.82) is 0 Å². The van der Waals surface area contributed by atoms with Crippen molar-refractivity contribution in [3.63, 3.8) is 0 Å². The fourth-order valence-electron chi connectivity index (χ4n) is 7.82. The Bertz CT molecular complexity index is 588. The van der Waals surface area contributed by atoms with Gasteiger partial charge in [-0.25, -0.2) is 0 Å². The van der Waals surface area contributed by atoms with Gasteiger partial charge >= 0.3 is 0 Å². The summed E-state index contributed by atoms with van der Waals surface area (Å²) < 4.78 is 0. The molecule has 3 saturated carbocycles. The lowest BCUT2D eigenvalue weighted by atomic mass is 9.51. The van der Waals surface area contributed by atoms with E-state index in [-0.39, 0.29) is 17.6 Å². The van der Waals surface area contributed by atoms with E-state index in [1.54, 1.807) is 5.57 Å². The molecule has 4 rings (SSSR count). The van der Waals surface area contributed by atoms with Crippen LogP contribution in [0.3, 0.4) is 0 Å². The highest BCUT2D eigenvalue weighted by Gasteiger charge is 2.55. The van der Waals surface area contributed by atoms with Crippen LogP contribution in [0.4, 0.5) is 0 Å². The first-order chi connectivity index (χ1) is 14.2. The second-order valence-electron chi connectivity index (χ2n) is 12.1. The first-order valence-corrected chi connectivity index (χ1v) is 13.2. The molecule has 30 heavy (non-hydrogen) atoms. The highest BCUT2D eigenvalue weighted by molar-refractivity contribution is 5.20. The first-order valence-electron chi connectivity index (χ1n) is 13.2. The average Bonchev–Trinajstić information content (AvgIpc) is 3.05. The molecule has 0 saturated heterocycles. The maximum Gasteiger partial charge on any atom is 0.0588 e. The number of hydrogen-bond acceptors (Lipinski definition) is 2. The van der Waals surface area contributed by atoms with Crippen molar-refractivity contribution < 1.29 is 10.2 Å². The van der Waals surface area contributed by atoms with E-state index in [1.807, 2.05) is 13.8 Å². The smallest absolute Gasteiger partial charge is 0.0588 e. The van der Waals surface area contributed by atoms with Gasteiger partial charge in [0.15, 0.2) is 0 Å². The molecule has 3 fully saturated rings. The van der Waals surface area contributed by atoms with Gasteiger partial charge in [0.1, 0.15) is 0 Å². The van der Waals surface area contributed by atoms with Gasteiger partial charge in [0, 0.05) is 0 Å². The summed E-state index contributed by atoms with van der Waals surface area (Å²) in [5.74, 6) is 4.35. The van der Waals surface area contributed by atoms with Gasteiger partial charge < -0.3 is 10.2 Å². The molecular formula is C28H50O2. The van der Waals surface area contributed by atoms with Gasteiger partial charge in [0.05, 0.1) is 12.2 Å². The molecule has 8 unspecified atom stereocenters. The molecular weight excluding hydrogens is 368 g/mol. The third-order valence-corrected chi connectivity index (χ3v) is 9.65. The van der Waals surface area contributed by atoms with Crippen molar-refractivity contribution in [2.45, 2.75) is 124 Å². The van der Waals surface area contributed by atoms with Crippen LogP contribution in [0.5, 0.6) is 0 Å². The lowest BCUT2D eigenvalue weighted by molar-refractivity contribution is -0.0213. The minimum Gasteiger partial charge on any atom is -0.393 e. The van der Waals surface area contributed by atoms with Gasteiger partial charge in [-0.15, -0.1) is 0 Å². The fraction of sp³-hybridized carbons (Fsp3) is 0.929. The lowest BCUT2D eigenvalue weighted by Crippen LogP contribution is -2.46. The van der Waals surface area contributed by atoms with Crippen LogP contribution in [0.15, 0.2) is 11.6 Å². The van der Waals surface area contributed by atoms with Crippen LogP contribution in [-0.4, -0.2) is 22.4 Å². The molecule has 0 aromatic heterocycles. The second kappa shape index (κ2) is 9.65. The Hall–Kier alpha value is -0.340. The van der Waals surface area contributed by atoms with Crippen LogP contribution < -0.4 is 0 Å². The summed E-state index contributed by atoms with van der Waals surface area (Å²) >= 11 is 0. The van der Waals surface area contributed by atoms with Crippen LogP contribution in [-0.2, 0) is 0 Å². The van der Waals surface area contributed by atoms with E-state index in [9.17, 15) is 10.2 Å². The maximum absolute atomic E-state index is 10.4. The summed E-state index contributed by atoms with van der Waals surface area (Å²) in [5, 5.41) is 20.5. The molecule has 0 aromatic carbocycles. The number of allylic oxidation sites excluding steroid dienone is 1. The Morgan fingerprint density at radius 2 is 1.80 bits per heavy atom. The zero-order chi connectivity index (χ0) is 22.1. The molecule has 0 aliphatic heterocycles. The quantitative estimate of drug-likeness (QED) is 0.476. The molecule has 0 spiro atoms. The summed E-state index contributed by atoms with van der Waals surface area (Å²) in [5.41, 5.74) is 2.15. The number of fused-ring (bicyclic) bond motifs is 5. The molecule has 174 valence electrons. The zero-order valence-corrected chi connectivity index (χ0v) is 20.8. The molecule has 0 bridgehead atoms.